The maximum atomic E-state index is 6.01. The molecule has 4 heteroatoms. The second-order valence-electron chi connectivity index (χ2n) is 4.24. The largest absolute Gasteiger partial charge is 0.490 e. The highest BCUT2D eigenvalue weighted by atomic mass is 35.5. The zero-order chi connectivity index (χ0) is 13.4. The van der Waals surface area contributed by atoms with Crippen LogP contribution in [0.5, 0.6) is 5.75 Å². The van der Waals surface area contributed by atoms with Gasteiger partial charge in [0.25, 0.3) is 0 Å². The van der Waals surface area contributed by atoms with Crippen LogP contribution in [0.1, 0.15) is 25.8 Å². The zero-order valence-electron chi connectivity index (χ0n) is 11.3. The van der Waals surface area contributed by atoms with Gasteiger partial charge in [0.05, 0.1) is 6.10 Å². The van der Waals surface area contributed by atoms with Crippen molar-refractivity contribution in [2.75, 3.05) is 20.3 Å². The van der Waals surface area contributed by atoms with Gasteiger partial charge < -0.3 is 14.8 Å². The summed E-state index contributed by atoms with van der Waals surface area (Å²) in [5.41, 5.74) is 1.09. The Bertz CT molecular complexity index is 358. The molecule has 0 bridgehead atoms. The number of hydrogen-bond acceptors (Lipinski definition) is 3. The summed E-state index contributed by atoms with van der Waals surface area (Å²) in [5.74, 6) is 0.893. The highest BCUT2D eigenvalue weighted by molar-refractivity contribution is 6.30. The van der Waals surface area contributed by atoms with E-state index in [2.05, 4.69) is 12.2 Å². The first-order valence-corrected chi connectivity index (χ1v) is 6.70. The molecule has 1 aromatic carbocycles. The molecule has 0 aliphatic rings. The molecule has 0 radical (unpaired) electrons. The van der Waals surface area contributed by atoms with E-state index in [0.717, 1.165) is 35.8 Å². The van der Waals surface area contributed by atoms with Gasteiger partial charge in [-0.1, -0.05) is 18.5 Å². The predicted octanol–water partition coefficient (Wildman–Crippen LogP) is 3.25. The molecule has 1 N–H and O–H groups in total. The molecule has 3 nitrogen and oxygen atoms in total. The van der Waals surface area contributed by atoms with E-state index >= 15 is 0 Å². The van der Waals surface area contributed by atoms with Crippen LogP contribution >= 0.6 is 11.6 Å². The third-order valence-electron chi connectivity index (χ3n) is 2.64. The normalized spacial score (nSPS) is 12.4. The van der Waals surface area contributed by atoms with Crippen LogP contribution in [0.25, 0.3) is 0 Å². The van der Waals surface area contributed by atoms with Crippen LogP contribution in [-0.4, -0.2) is 26.4 Å². The summed E-state index contributed by atoms with van der Waals surface area (Å²) in [6.45, 7) is 6.52. The average molecular weight is 272 g/mol. The van der Waals surface area contributed by atoms with E-state index in [1.165, 1.54) is 0 Å². The number of ether oxygens (including phenoxy) is 2. The first-order chi connectivity index (χ1) is 8.67. The van der Waals surface area contributed by atoms with E-state index in [-0.39, 0.29) is 6.10 Å². The molecule has 1 aromatic rings. The second kappa shape index (κ2) is 8.35. The van der Waals surface area contributed by atoms with E-state index in [1.54, 1.807) is 7.11 Å². The summed E-state index contributed by atoms with van der Waals surface area (Å²) in [6.07, 6.45) is 1.01. The summed E-state index contributed by atoms with van der Waals surface area (Å²) in [7, 11) is 1.70. The summed E-state index contributed by atoms with van der Waals surface area (Å²) in [6, 6.07) is 5.73. The number of rotatable bonds is 8. The molecule has 0 aromatic heterocycles. The van der Waals surface area contributed by atoms with E-state index in [0.29, 0.717) is 6.61 Å². The van der Waals surface area contributed by atoms with Crippen molar-refractivity contribution in [1.29, 1.82) is 0 Å². The highest BCUT2D eigenvalue weighted by Crippen LogP contribution is 2.24. The standard InChI is InChI=1S/C14H22ClNO2/c1-4-16-10-12-9-13(15)5-6-14(12)18-11(2)7-8-17-3/h5-6,9,11,16H,4,7-8,10H2,1-3H3. The second-order valence-corrected chi connectivity index (χ2v) is 4.68. The van der Waals surface area contributed by atoms with Gasteiger partial charge in [0.1, 0.15) is 5.75 Å². The lowest BCUT2D eigenvalue weighted by Crippen LogP contribution is -2.17. The Morgan fingerprint density at radius 3 is 2.83 bits per heavy atom. The SMILES string of the molecule is CCNCc1cc(Cl)ccc1OC(C)CCOC. The van der Waals surface area contributed by atoms with Gasteiger partial charge in [-0.3, -0.25) is 0 Å². The van der Waals surface area contributed by atoms with Crippen LogP contribution in [0.4, 0.5) is 0 Å². The zero-order valence-corrected chi connectivity index (χ0v) is 12.1. The summed E-state index contributed by atoms with van der Waals surface area (Å²) >= 11 is 6.01. The molecule has 1 atom stereocenters. The fourth-order valence-corrected chi connectivity index (χ4v) is 1.81. The Hall–Kier alpha value is -0.770. The molecule has 0 aliphatic heterocycles. The first kappa shape index (κ1) is 15.3. The van der Waals surface area contributed by atoms with Gasteiger partial charge in [-0.05, 0) is 31.7 Å². The Labute approximate surface area is 114 Å². The van der Waals surface area contributed by atoms with Crippen molar-refractivity contribution in [3.05, 3.63) is 28.8 Å². The molecule has 1 unspecified atom stereocenters. The molecular formula is C14H22ClNO2. The van der Waals surface area contributed by atoms with Gasteiger partial charge in [-0.25, -0.2) is 0 Å². The average Bonchev–Trinajstić information content (AvgIpc) is 2.36. The third-order valence-corrected chi connectivity index (χ3v) is 2.88. The molecule has 0 heterocycles. The van der Waals surface area contributed by atoms with Crippen LogP contribution in [0, 0.1) is 0 Å². The highest BCUT2D eigenvalue weighted by Gasteiger charge is 2.09. The summed E-state index contributed by atoms with van der Waals surface area (Å²) in [5, 5.41) is 4.02. The van der Waals surface area contributed by atoms with Crippen LogP contribution in [0.15, 0.2) is 18.2 Å². The van der Waals surface area contributed by atoms with E-state index in [9.17, 15) is 0 Å². The fourth-order valence-electron chi connectivity index (χ4n) is 1.62. The van der Waals surface area contributed by atoms with Crippen LogP contribution in [0.2, 0.25) is 5.02 Å². The Balaban J connectivity index is 2.67. The molecule has 0 fully saturated rings. The number of methoxy groups -OCH3 is 1. The quantitative estimate of drug-likeness (QED) is 0.787. The number of nitrogens with one attached hydrogen (secondary N) is 1. The molecule has 0 saturated carbocycles. The summed E-state index contributed by atoms with van der Waals surface area (Å²) < 4.78 is 11.0. The Morgan fingerprint density at radius 2 is 2.17 bits per heavy atom. The monoisotopic (exact) mass is 271 g/mol. The smallest absolute Gasteiger partial charge is 0.124 e. The topological polar surface area (TPSA) is 30.5 Å². The van der Waals surface area contributed by atoms with Crippen molar-refractivity contribution in [3.8, 4) is 5.75 Å². The summed E-state index contributed by atoms with van der Waals surface area (Å²) in [4.78, 5) is 0. The maximum absolute atomic E-state index is 6.01. The van der Waals surface area contributed by atoms with Crippen LogP contribution < -0.4 is 10.1 Å². The molecule has 0 aliphatic carbocycles. The molecule has 1 rings (SSSR count). The van der Waals surface area contributed by atoms with E-state index in [4.69, 9.17) is 21.1 Å². The van der Waals surface area contributed by atoms with Crippen molar-refractivity contribution in [1.82, 2.24) is 5.32 Å². The molecule has 0 saturated heterocycles. The Kier molecular flexibility index (Phi) is 7.09. The molecule has 0 amide bonds. The lowest BCUT2D eigenvalue weighted by molar-refractivity contribution is 0.134. The number of benzene rings is 1. The van der Waals surface area contributed by atoms with Gasteiger partial charge in [0.15, 0.2) is 0 Å². The van der Waals surface area contributed by atoms with Crippen molar-refractivity contribution in [2.24, 2.45) is 0 Å². The minimum Gasteiger partial charge on any atom is -0.490 e. The lowest BCUT2D eigenvalue weighted by atomic mass is 10.2. The van der Waals surface area contributed by atoms with Gasteiger partial charge >= 0.3 is 0 Å². The van der Waals surface area contributed by atoms with Crippen LogP contribution in [0.3, 0.4) is 0 Å². The predicted molar refractivity (Wildman–Crippen MR) is 75.4 cm³/mol. The van der Waals surface area contributed by atoms with Crippen molar-refractivity contribution in [2.45, 2.75) is 32.9 Å². The van der Waals surface area contributed by atoms with Crippen molar-refractivity contribution in [3.63, 3.8) is 0 Å². The number of halogens is 1. The van der Waals surface area contributed by atoms with Gasteiger partial charge in [-0.15, -0.1) is 0 Å². The molecule has 102 valence electrons. The lowest BCUT2D eigenvalue weighted by Gasteiger charge is -2.17. The van der Waals surface area contributed by atoms with Gasteiger partial charge in [0.2, 0.25) is 0 Å². The minimum absolute atomic E-state index is 0.131. The third kappa shape index (κ3) is 5.25. The fraction of sp³-hybridized carbons (Fsp3) is 0.571. The van der Waals surface area contributed by atoms with Gasteiger partial charge in [-0.2, -0.15) is 0 Å². The molecular weight excluding hydrogens is 250 g/mol. The molecule has 18 heavy (non-hydrogen) atoms. The molecule has 0 spiro atoms. The van der Waals surface area contributed by atoms with Gasteiger partial charge in [0, 0.05) is 37.3 Å². The van der Waals surface area contributed by atoms with E-state index < -0.39 is 0 Å². The van der Waals surface area contributed by atoms with Crippen molar-refractivity contribution < 1.29 is 9.47 Å². The number of hydrogen-bond donors (Lipinski definition) is 1. The minimum atomic E-state index is 0.131. The first-order valence-electron chi connectivity index (χ1n) is 6.32. The van der Waals surface area contributed by atoms with E-state index in [1.807, 2.05) is 25.1 Å². The Morgan fingerprint density at radius 1 is 1.39 bits per heavy atom. The van der Waals surface area contributed by atoms with Crippen LogP contribution in [-0.2, 0) is 11.3 Å². The van der Waals surface area contributed by atoms with Crippen molar-refractivity contribution >= 4 is 11.6 Å². The maximum Gasteiger partial charge on any atom is 0.124 e.